The molecule has 1 aromatic heterocycles. The van der Waals surface area contributed by atoms with E-state index in [-0.39, 0.29) is 45.1 Å². The van der Waals surface area contributed by atoms with Crippen molar-refractivity contribution in [2.75, 3.05) is 34.2 Å². The number of carbonyl (C=O) groups is 4. The van der Waals surface area contributed by atoms with Gasteiger partial charge in [-0.05, 0) is 103 Å². The van der Waals surface area contributed by atoms with Crippen LogP contribution in [0.15, 0.2) is 64.7 Å². The summed E-state index contributed by atoms with van der Waals surface area (Å²) in [6, 6.07) is 7.04. The Balaban J connectivity index is 0.000000663. The van der Waals surface area contributed by atoms with Gasteiger partial charge in [0.15, 0.2) is 6.29 Å². The largest absolute Gasteiger partial charge is 0.463 e. The van der Waals surface area contributed by atoms with Gasteiger partial charge in [-0.1, -0.05) is 62.1 Å². The van der Waals surface area contributed by atoms with Crippen LogP contribution in [0.1, 0.15) is 82.5 Å². The van der Waals surface area contributed by atoms with Crippen molar-refractivity contribution in [3.8, 4) is 12.8 Å². The molecule has 1 aliphatic heterocycles. The van der Waals surface area contributed by atoms with Gasteiger partial charge < -0.3 is 35.1 Å². The zero-order chi connectivity index (χ0) is 41.3. The number of nitrogens with zero attached hydrogens (tertiary/aromatic N) is 1. The van der Waals surface area contributed by atoms with E-state index in [9.17, 15) is 24.0 Å². The molecular formula is C42H65N5O6S. The Morgan fingerprint density at radius 2 is 1.72 bits per heavy atom. The Morgan fingerprint density at radius 3 is 2.15 bits per heavy atom. The fourth-order valence-corrected chi connectivity index (χ4v) is 6.38. The minimum atomic E-state index is -0.389. The van der Waals surface area contributed by atoms with Crippen LogP contribution >= 0.6 is 10.7 Å². The SMILES string of the molecule is C#C.C=C(CC1CC1)NCC=O.C=CC1CC1(NC)C(=O)NS(=C)C1CC1.CC(C)C.CN.CN1CCC[C@H]1C=O.O=Cc1coc2ccccc2c1=O. The molecule has 3 unspecified atom stereocenters. The number of likely N-dealkylation sites (tertiary alicyclic amines) is 1. The summed E-state index contributed by atoms with van der Waals surface area (Å²) < 4.78 is 8.11. The average molecular weight is 768 g/mol. The number of nitrogens with one attached hydrogen (secondary N) is 3. The number of allylic oxidation sites excluding steroid dienone is 1. The van der Waals surface area contributed by atoms with E-state index in [1.807, 2.05) is 20.2 Å². The molecular weight excluding hydrogens is 703 g/mol. The van der Waals surface area contributed by atoms with Gasteiger partial charge in [0.05, 0.1) is 23.5 Å². The van der Waals surface area contributed by atoms with Gasteiger partial charge in [0, 0.05) is 16.9 Å². The van der Waals surface area contributed by atoms with Crippen LogP contribution in [0.3, 0.4) is 0 Å². The lowest BCUT2D eigenvalue weighted by Crippen LogP contribution is -2.44. The second kappa shape index (κ2) is 27.4. The maximum absolute atomic E-state index is 12.0. The Morgan fingerprint density at radius 1 is 1.11 bits per heavy atom. The third kappa shape index (κ3) is 18.3. The Labute approximate surface area is 326 Å². The Bertz CT molecular complexity index is 1560. The van der Waals surface area contributed by atoms with Crippen molar-refractivity contribution in [1.29, 1.82) is 0 Å². The van der Waals surface area contributed by atoms with Gasteiger partial charge in [-0.2, -0.15) is 0 Å². The second-order valence-electron chi connectivity index (χ2n) is 13.8. The first-order valence-electron chi connectivity index (χ1n) is 18.4. The van der Waals surface area contributed by atoms with Crippen LogP contribution in [0.4, 0.5) is 0 Å². The average Bonchev–Trinajstić information content (AvgIpc) is 4.09. The van der Waals surface area contributed by atoms with Crippen LogP contribution in [0.2, 0.25) is 0 Å². The molecule has 1 saturated heterocycles. The minimum absolute atomic E-state index is 0.0544. The molecule has 2 heterocycles. The summed E-state index contributed by atoms with van der Waals surface area (Å²) in [5.41, 5.74) is 5.39. The van der Waals surface area contributed by atoms with Crippen LogP contribution in [0.25, 0.3) is 11.0 Å². The summed E-state index contributed by atoms with van der Waals surface area (Å²) in [5.74, 6) is 6.07. The predicted octanol–water partition coefficient (Wildman–Crippen LogP) is 5.51. The highest BCUT2D eigenvalue weighted by molar-refractivity contribution is 8.13. The van der Waals surface area contributed by atoms with Crippen molar-refractivity contribution in [3.63, 3.8) is 0 Å². The van der Waals surface area contributed by atoms with E-state index in [0.717, 1.165) is 55.9 Å². The molecule has 1 amide bonds. The highest BCUT2D eigenvalue weighted by atomic mass is 32.2. The number of amides is 1. The molecule has 2 aromatic rings. The zero-order valence-corrected chi connectivity index (χ0v) is 34.1. The maximum Gasteiger partial charge on any atom is 0.250 e. The lowest BCUT2D eigenvalue weighted by molar-refractivity contribution is -0.122. The lowest BCUT2D eigenvalue weighted by Gasteiger charge is -2.17. The number of benzene rings is 1. The number of likely N-dealkylation sites (N-methyl/N-ethyl adjacent to an activating group) is 2. The molecule has 54 heavy (non-hydrogen) atoms. The topological polar surface area (TPSA) is 164 Å². The molecule has 12 heteroatoms. The molecule has 300 valence electrons. The molecule has 4 atom stereocenters. The molecule has 0 spiro atoms. The van der Waals surface area contributed by atoms with Gasteiger partial charge in [-0.15, -0.1) is 19.4 Å². The smallest absolute Gasteiger partial charge is 0.250 e. The molecule has 5 N–H and O–H groups in total. The fraction of sp³-hybridized carbons (Fsp3) is 0.524. The molecule has 1 aromatic carbocycles. The number of hydrogen-bond acceptors (Lipinski definition) is 10. The molecule has 4 fully saturated rings. The van der Waals surface area contributed by atoms with Crippen LogP contribution in [0, 0.1) is 30.6 Å². The van der Waals surface area contributed by atoms with Crippen molar-refractivity contribution in [1.82, 2.24) is 20.3 Å². The molecule has 6 rings (SSSR count). The van der Waals surface area contributed by atoms with Crippen molar-refractivity contribution in [2.24, 2.45) is 23.5 Å². The second-order valence-corrected chi connectivity index (χ2v) is 15.5. The molecule has 0 bridgehead atoms. The number of nitrogens with two attached hydrogens (primary N) is 1. The normalized spacial score (nSPS) is 20.8. The first-order chi connectivity index (χ1) is 25.9. The Hall–Kier alpha value is -4.15. The van der Waals surface area contributed by atoms with E-state index in [1.54, 1.807) is 24.3 Å². The maximum atomic E-state index is 12.0. The number of aldehydes is 3. The van der Waals surface area contributed by atoms with Gasteiger partial charge in [0.2, 0.25) is 11.3 Å². The van der Waals surface area contributed by atoms with E-state index in [0.29, 0.717) is 29.1 Å². The van der Waals surface area contributed by atoms with Crippen molar-refractivity contribution in [3.05, 3.63) is 71.2 Å². The first kappa shape index (κ1) is 49.9. The van der Waals surface area contributed by atoms with Gasteiger partial charge >= 0.3 is 0 Å². The highest BCUT2D eigenvalue weighted by Crippen LogP contribution is 2.45. The van der Waals surface area contributed by atoms with Crippen LogP contribution in [-0.2, 0) is 14.4 Å². The molecule has 11 nitrogen and oxygen atoms in total. The van der Waals surface area contributed by atoms with E-state index in [1.165, 1.54) is 45.4 Å². The number of terminal acetylenes is 1. The van der Waals surface area contributed by atoms with Crippen LogP contribution in [0.5, 0.6) is 0 Å². The van der Waals surface area contributed by atoms with E-state index < -0.39 is 0 Å². The summed E-state index contributed by atoms with van der Waals surface area (Å²) >= 11 is 0. The summed E-state index contributed by atoms with van der Waals surface area (Å²) in [4.78, 5) is 56.1. The monoisotopic (exact) mass is 767 g/mol. The van der Waals surface area contributed by atoms with Crippen molar-refractivity contribution >= 4 is 52.3 Å². The van der Waals surface area contributed by atoms with Crippen molar-refractivity contribution < 1.29 is 23.6 Å². The Kier molecular flexibility index (Phi) is 25.3. The summed E-state index contributed by atoms with van der Waals surface area (Å²) in [7, 11) is 5.14. The number of rotatable bonds is 12. The predicted molar refractivity (Wildman–Crippen MR) is 227 cm³/mol. The third-order valence-corrected chi connectivity index (χ3v) is 10.3. The standard InChI is InChI=1S/C11H18N2OS.C10H6O3.C8H13NO.C6H11NO.C4H10.C2H2.CH5N/c1-4-8-7-11(8,12-2)10(14)13-15(3)9-5-6-9;11-5-7-6-13-9-4-2-1-3-8(9)10(7)12;1-7(9-4-5-10)6-8-2-3-8;1-7-4-2-3-6(7)5-8;1-4(2)3;2*1-2/h4,8-9,12H,1,3,5-7H2,2H3,(H,13,14);1-6H;5,8-9H,1-4,6H2;5-6H,2-4H2,1H3;4H,1-3H3;1-2H;2H2,1H3/t;;;6-;;;/m...0.../s1. The number of para-hydroxylation sites is 1. The van der Waals surface area contributed by atoms with Gasteiger partial charge in [0.1, 0.15) is 30.0 Å². The van der Waals surface area contributed by atoms with Gasteiger partial charge in [-0.25, -0.2) is 0 Å². The number of fused-ring (bicyclic) bond motifs is 1. The van der Waals surface area contributed by atoms with E-state index in [4.69, 9.17) is 4.42 Å². The highest BCUT2D eigenvalue weighted by Gasteiger charge is 2.57. The van der Waals surface area contributed by atoms with E-state index in [2.05, 4.69) is 78.6 Å². The number of hydrogen-bond donors (Lipinski definition) is 4. The van der Waals surface area contributed by atoms with Crippen LogP contribution in [-0.4, -0.2) is 86.6 Å². The van der Waals surface area contributed by atoms with Gasteiger partial charge in [-0.3, -0.25) is 19.3 Å². The fourth-order valence-electron chi connectivity index (χ4n) is 5.09. The quantitative estimate of drug-likeness (QED) is 0.0938. The molecule has 0 radical (unpaired) electrons. The summed E-state index contributed by atoms with van der Waals surface area (Å²) in [6.07, 6.45) is 22.7. The molecule has 3 aliphatic carbocycles. The van der Waals surface area contributed by atoms with Crippen LogP contribution < -0.4 is 26.5 Å². The van der Waals surface area contributed by atoms with Crippen molar-refractivity contribution in [2.45, 2.75) is 89.0 Å². The summed E-state index contributed by atoms with van der Waals surface area (Å²) in [6.45, 7) is 15.5. The molecule has 3 saturated carbocycles. The summed E-state index contributed by atoms with van der Waals surface area (Å²) in [5, 5.41) is 7.12. The zero-order valence-electron chi connectivity index (χ0n) is 33.3. The minimum Gasteiger partial charge on any atom is -0.463 e. The van der Waals surface area contributed by atoms with E-state index >= 15 is 0 Å². The molecule has 4 aliphatic rings. The third-order valence-electron chi connectivity index (χ3n) is 8.54. The van der Waals surface area contributed by atoms with Gasteiger partial charge in [0.25, 0.3) is 0 Å². The first-order valence-corrected chi connectivity index (χ1v) is 19.9. The lowest BCUT2D eigenvalue weighted by atomic mass is 10.2. The number of carbonyl (C=O) groups excluding carboxylic acids is 4.